The van der Waals surface area contributed by atoms with Crippen LogP contribution in [0.5, 0.6) is 0 Å². The van der Waals surface area contributed by atoms with Crippen LogP contribution in [-0.4, -0.2) is 13.4 Å². The molecule has 0 aliphatic carbocycles. The number of alkyl halides is 2. The fourth-order valence-electron chi connectivity index (χ4n) is 0.841. The molecule has 0 saturated carbocycles. The van der Waals surface area contributed by atoms with Gasteiger partial charge in [-0.15, -0.1) is 0 Å². The minimum atomic E-state index is -4.46. The van der Waals surface area contributed by atoms with Gasteiger partial charge < -0.3 is 0 Å². The number of primary sulfonamides is 1. The predicted molar refractivity (Wildman–Crippen MR) is 48.2 cm³/mol. The SMILES string of the molecule is NS(=O)(=O)c1nc(Br)cc(C(F)F)c1F. The number of hydrogen-bond donors (Lipinski definition) is 1. The lowest BCUT2D eigenvalue weighted by Gasteiger charge is -2.06. The molecule has 0 aliphatic heterocycles. The van der Waals surface area contributed by atoms with Crippen molar-refractivity contribution in [1.82, 2.24) is 4.98 Å². The van der Waals surface area contributed by atoms with Crippen molar-refractivity contribution in [3.8, 4) is 0 Å². The molecule has 84 valence electrons. The van der Waals surface area contributed by atoms with E-state index in [4.69, 9.17) is 0 Å². The fraction of sp³-hybridized carbons (Fsp3) is 0.167. The first kappa shape index (κ1) is 12.4. The van der Waals surface area contributed by atoms with E-state index in [1.807, 2.05) is 0 Å². The van der Waals surface area contributed by atoms with Gasteiger partial charge in [-0.1, -0.05) is 0 Å². The maximum atomic E-state index is 13.2. The molecule has 0 atom stereocenters. The fourth-order valence-corrected chi connectivity index (χ4v) is 1.98. The van der Waals surface area contributed by atoms with Crippen molar-refractivity contribution < 1.29 is 21.6 Å². The quantitative estimate of drug-likeness (QED) is 0.843. The second-order valence-electron chi connectivity index (χ2n) is 2.50. The van der Waals surface area contributed by atoms with Crippen LogP contribution >= 0.6 is 15.9 Å². The molecule has 0 bridgehead atoms. The van der Waals surface area contributed by atoms with Crippen LogP contribution in [0.3, 0.4) is 0 Å². The van der Waals surface area contributed by atoms with Crippen LogP contribution in [-0.2, 0) is 10.0 Å². The highest BCUT2D eigenvalue weighted by Crippen LogP contribution is 2.27. The minimum absolute atomic E-state index is 0.233. The molecule has 4 nitrogen and oxygen atoms in total. The number of aromatic nitrogens is 1. The number of hydrogen-bond acceptors (Lipinski definition) is 3. The molecule has 0 saturated heterocycles. The number of halogens is 4. The molecule has 1 rings (SSSR count). The molecule has 0 aromatic carbocycles. The van der Waals surface area contributed by atoms with Crippen LogP contribution < -0.4 is 5.14 Å². The lowest BCUT2D eigenvalue weighted by molar-refractivity contribution is 0.145. The zero-order chi connectivity index (χ0) is 11.8. The van der Waals surface area contributed by atoms with E-state index in [-0.39, 0.29) is 4.60 Å². The van der Waals surface area contributed by atoms with E-state index in [1.54, 1.807) is 0 Å². The van der Waals surface area contributed by atoms with Crippen LogP contribution in [0.25, 0.3) is 0 Å². The van der Waals surface area contributed by atoms with Gasteiger partial charge in [0.1, 0.15) is 4.60 Å². The first-order chi connectivity index (χ1) is 6.73. The van der Waals surface area contributed by atoms with Gasteiger partial charge in [0, 0.05) is 0 Å². The second kappa shape index (κ2) is 4.06. The molecule has 0 aliphatic rings. The molecule has 1 heterocycles. The van der Waals surface area contributed by atoms with Crippen LogP contribution in [0.1, 0.15) is 12.0 Å². The second-order valence-corrected chi connectivity index (χ2v) is 4.79. The lowest BCUT2D eigenvalue weighted by atomic mass is 10.3. The average molecular weight is 305 g/mol. The van der Waals surface area contributed by atoms with Gasteiger partial charge in [0.15, 0.2) is 5.82 Å². The van der Waals surface area contributed by atoms with Crippen LogP contribution in [0, 0.1) is 5.82 Å². The summed E-state index contributed by atoms with van der Waals surface area (Å²) < 4.78 is 59.0. The smallest absolute Gasteiger partial charge is 0.225 e. The molecule has 0 amide bonds. The zero-order valence-electron chi connectivity index (χ0n) is 6.92. The summed E-state index contributed by atoms with van der Waals surface area (Å²) in [6, 6.07) is 0.689. The summed E-state index contributed by atoms with van der Waals surface area (Å²) in [5.74, 6) is -1.63. The molecule has 1 aromatic heterocycles. The third-order valence-corrected chi connectivity index (χ3v) is 2.64. The number of pyridine rings is 1. The summed E-state index contributed by atoms with van der Waals surface area (Å²) in [4.78, 5) is 3.18. The maximum absolute atomic E-state index is 13.2. The van der Waals surface area contributed by atoms with E-state index in [1.165, 1.54) is 0 Å². The van der Waals surface area contributed by atoms with Crippen LogP contribution in [0.2, 0.25) is 0 Å². The molecular weight excluding hydrogens is 301 g/mol. The lowest BCUT2D eigenvalue weighted by Crippen LogP contribution is -2.17. The van der Waals surface area contributed by atoms with E-state index in [2.05, 4.69) is 26.1 Å². The van der Waals surface area contributed by atoms with E-state index < -0.39 is 32.9 Å². The molecule has 0 unspecified atom stereocenters. The summed E-state index contributed by atoms with van der Waals surface area (Å²) in [7, 11) is -4.46. The van der Waals surface area contributed by atoms with Gasteiger partial charge in [-0.2, -0.15) is 0 Å². The number of nitrogens with two attached hydrogens (primary N) is 1. The maximum Gasteiger partial charge on any atom is 0.266 e. The molecule has 9 heteroatoms. The largest absolute Gasteiger partial charge is 0.266 e. The standard InChI is InChI=1S/C6H4BrF3N2O2S/c7-3-1-2(5(9)10)4(8)6(12-3)15(11,13)14/h1,5H,(H2,11,13,14). The highest BCUT2D eigenvalue weighted by molar-refractivity contribution is 9.10. The van der Waals surface area contributed by atoms with Crippen molar-refractivity contribution in [2.75, 3.05) is 0 Å². The summed E-state index contributed by atoms with van der Waals surface area (Å²) >= 11 is 2.68. The summed E-state index contributed by atoms with van der Waals surface area (Å²) in [5, 5.41) is 3.40. The number of rotatable bonds is 2. The highest BCUT2D eigenvalue weighted by Gasteiger charge is 2.24. The number of nitrogens with zero attached hydrogens (tertiary/aromatic N) is 1. The third kappa shape index (κ3) is 2.67. The van der Waals surface area contributed by atoms with Gasteiger partial charge >= 0.3 is 0 Å². The topological polar surface area (TPSA) is 73.1 Å². The Morgan fingerprint density at radius 3 is 2.40 bits per heavy atom. The average Bonchev–Trinajstić information content (AvgIpc) is 2.06. The molecule has 1 aromatic rings. The normalized spacial score (nSPS) is 12.1. The Balaban J connectivity index is 3.56. The van der Waals surface area contributed by atoms with E-state index >= 15 is 0 Å². The summed E-state index contributed by atoms with van der Waals surface area (Å²) in [6.07, 6.45) is -3.15. The molecule has 0 fully saturated rings. The Morgan fingerprint density at radius 1 is 1.47 bits per heavy atom. The molecule has 2 N–H and O–H groups in total. The summed E-state index contributed by atoms with van der Waals surface area (Å²) in [6.45, 7) is 0. The Labute approximate surface area is 91.5 Å². The first-order valence-corrected chi connectivity index (χ1v) is 5.74. The van der Waals surface area contributed by atoms with Crippen molar-refractivity contribution in [1.29, 1.82) is 0 Å². The monoisotopic (exact) mass is 304 g/mol. The van der Waals surface area contributed by atoms with E-state index in [0.29, 0.717) is 6.07 Å². The van der Waals surface area contributed by atoms with Crippen LogP contribution in [0.15, 0.2) is 15.7 Å². The number of sulfonamides is 1. The third-order valence-electron chi connectivity index (χ3n) is 1.43. The van der Waals surface area contributed by atoms with Gasteiger partial charge in [-0.05, 0) is 22.0 Å². The molecule has 0 spiro atoms. The van der Waals surface area contributed by atoms with Gasteiger partial charge in [0.05, 0.1) is 5.56 Å². The molecule has 0 radical (unpaired) electrons. The van der Waals surface area contributed by atoms with Crippen LogP contribution in [0.4, 0.5) is 13.2 Å². The van der Waals surface area contributed by atoms with Crippen molar-refractivity contribution >= 4 is 26.0 Å². The van der Waals surface area contributed by atoms with Gasteiger partial charge in [0.25, 0.3) is 16.4 Å². The Kier molecular flexibility index (Phi) is 3.36. The van der Waals surface area contributed by atoms with Crippen molar-refractivity contribution in [2.24, 2.45) is 5.14 Å². The summed E-state index contributed by atoms with van der Waals surface area (Å²) in [5.41, 5.74) is -1.07. The predicted octanol–water partition coefficient (Wildman–Crippen LogP) is 1.57. The molecule has 15 heavy (non-hydrogen) atoms. The minimum Gasteiger partial charge on any atom is -0.225 e. The van der Waals surface area contributed by atoms with Gasteiger partial charge in [-0.25, -0.2) is 31.7 Å². The zero-order valence-corrected chi connectivity index (χ0v) is 9.32. The van der Waals surface area contributed by atoms with Gasteiger partial charge in [0.2, 0.25) is 5.03 Å². The van der Waals surface area contributed by atoms with Crippen molar-refractivity contribution in [2.45, 2.75) is 11.5 Å². The first-order valence-electron chi connectivity index (χ1n) is 3.40. The Hall–Kier alpha value is -0.670. The van der Waals surface area contributed by atoms with Gasteiger partial charge in [-0.3, -0.25) is 0 Å². The Bertz CT molecular complexity index is 491. The van der Waals surface area contributed by atoms with E-state index in [0.717, 1.165) is 0 Å². The highest BCUT2D eigenvalue weighted by atomic mass is 79.9. The Morgan fingerprint density at radius 2 is 2.00 bits per heavy atom. The van der Waals surface area contributed by atoms with Crippen molar-refractivity contribution in [3.63, 3.8) is 0 Å². The van der Waals surface area contributed by atoms with E-state index in [9.17, 15) is 21.6 Å². The molecular formula is C6H4BrF3N2O2S. The van der Waals surface area contributed by atoms with Crippen molar-refractivity contribution in [3.05, 3.63) is 22.1 Å².